The molecular weight excluding hydrogens is 134 g/mol. The Morgan fingerprint density at radius 2 is 2.40 bits per heavy atom. The van der Waals surface area contributed by atoms with Gasteiger partial charge < -0.3 is 15.2 Å². The van der Waals surface area contributed by atoms with Gasteiger partial charge in [0.05, 0.1) is 6.10 Å². The zero-order chi connectivity index (χ0) is 7.98. The third kappa shape index (κ3) is 5.37. The number of rotatable bonds is 4. The van der Waals surface area contributed by atoms with Crippen molar-refractivity contribution in [3.63, 3.8) is 0 Å². The number of amides is 1. The molecule has 60 valence electrons. The Morgan fingerprint density at radius 3 is 2.80 bits per heavy atom. The van der Waals surface area contributed by atoms with Gasteiger partial charge in [0.2, 0.25) is 0 Å². The maximum Gasteiger partial charge on any atom is 0.404 e. The minimum absolute atomic E-state index is 0.117. The summed E-state index contributed by atoms with van der Waals surface area (Å²) < 4.78 is 4.90. The SMILES string of the molecule is CO[C@H](C)CCNC(=O)O. The van der Waals surface area contributed by atoms with Crippen molar-refractivity contribution < 1.29 is 14.6 Å². The minimum Gasteiger partial charge on any atom is -0.465 e. The summed E-state index contributed by atoms with van der Waals surface area (Å²) in [6, 6.07) is 0. The number of methoxy groups -OCH3 is 1. The molecule has 0 saturated heterocycles. The van der Waals surface area contributed by atoms with Crippen LogP contribution < -0.4 is 5.32 Å². The zero-order valence-corrected chi connectivity index (χ0v) is 6.26. The summed E-state index contributed by atoms with van der Waals surface area (Å²) in [4.78, 5) is 9.92. The molecular formula is C6H13NO3. The summed E-state index contributed by atoms with van der Waals surface area (Å²) in [5.41, 5.74) is 0. The highest BCUT2D eigenvalue weighted by Gasteiger charge is 1.99. The quantitative estimate of drug-likeness (QED) is 0.614. The first-order valence-corrected chi connectivity index (χ1v) is 3.16. The molecule has 2 N–H and O–H groups in total. The van der Waals surface area contributed by atoms with Crippen molar-refractivity contribution >= 4 is 6.09 Å². The molecule has 0 saturated carbocycles. The van der Waals surface area contributed by atoms with E-state index in [4.69, 9.17) is 9.84 Å². The van der Waals surface area contributed by atoms with Gasteiger partial charge in [0, 0.05) is 13.7 Å². The van der Waals surface area contributed by atoms with Crippen LogP contribution in [0, 0.1) is 0 Å². The number of carbonyl (C=O) groups is 1. The lowest BCUT2D eigenvalue weighted by molar-refractivity contribution is 0.110. The van der Waals surface area contributed by atoms with Crippen LogP contribution in [0.4, 0.5) is 4.79 Å². The molecule has 0 fully saturated rings. The highest BCUT2D eigenvalue weighted by molar-refractivity contribution is 5.64. The fourth-order valence-electron chi connectivity index (χ4n) is 0.500. The van der Waals surface area contributed by atoms with Crippen molar-refractivity contribution in [2.24, 2.45) is 0 Å². The zero-order valence-electron chi connectivity index (χ0n) is 6.26. The molecule has 0 aromatic rings. The van der Waals surface area contributed by atoms with E-state index >= 15 is 0 Å². The van der Waals surface area contributed by atoms with Crippen molar-refractivity contribution in [2.75, 3.05) is 13.7 Å². The number of carboxylic acid groups (broad SMARTS) is 1. The molecule has 0 unspecified atom stereocenters. The molecule has 4 nitrogen and oxygen atoms in total. The molecule has 10 heavy (non-hydrogen) atoms. The standard InChI is InChI=1S/C6H13NO3/c1-5(10-2)3-4-7-6(8)9/h5,7H,3-4H2,1-2H3,(H,8,9)/t5-/m1/s1. The Bertz CT molecular complexity index is 105. The van der Waals surface area contributed by atoms with E-state index in [1.165, 1.54) is 0 Å². The molecule has 1 atom stereocenters. The lowest BCUT2D eigenvalue weighted by Crippen LogP contribution is -2.24. The second-order valence-electron chi connectivity index (χ2n) is 2.07. The van der Waals surface area contributed by atoms with E-state index in [9.17, 15) is 4.79 Å². The minimum atomic E-state index is -0.983. The fraction of sp³-hybridized carbons (Fsp3) is 0.833. The Kier molecular flexibility index (Phi) is 4.66. The Hall–Kier alpha value is -0.770. The van der Waals surface area contributed by atoms with Crippen LogP contribution in [-0.4, -0.2) is 31.0 Å². The van der Waals surface area contributed by atoms with Crippen LogP contribution in [0.3, 0.4) is 0 Å². The van der Waals surface area contributed by atoms with Gasteiger partial charge in [-0.2, -0.15) is 0 Å². The van der Waals surface area contributed by atoms with Crippen molar-refractivity contribution in [1.82, 2.24) is 5.32 Å². The lowest BCUT2D eigenvalue weighted by atomic mass is 10.3. The molecule has 0 radical (unpaired) electrons. The predicted octanol–water partition coefficient (Wildman–Crippen LogP) is 0.679. The molecule has 4 heteroatoms. The first-order valence-electron chi connectivity index (χ1n) is 3.16. The van der Waals surface area contributed by atoms with Crippen LogP contribution in [0.2, 0.25) is 0 Å². The van der Waals surface area contributed by atoms with E-state index in [1.807, 2.05) is 6.92 Å². The number of nitrogens with one attached hydrogen (secondary N) is 1. The van der Waals surface area contributed by atoms with E-state index in [-0.39, 0.29) is 6.10 Å². The van der Waals surface area contributed by atoms with E-state index in [0.717, 1.165) is 0 Å². The van der Waals surface area contributed by atoms with Gasteiger partial charge in [0.15, 0.2) is 0 Å². The lowest BCUT2D eigenvalue weighted by Gasteiger charge is -2.07. The van der Waals surface area contributed by atoms with Gasteiger partial charge in [0.25, 0.3) is 0 Å². The monoisotopic (exact) mass is 147 g/mol. The second kappa shape index (κ2) is 5.05. The van der Waals surface area contributed by atoms with Crippen LogP contribution in [0.5, 0.6) is 0 Å². The van der Waals surface area contributed by atoms with Crippen LogP contribution in [0.1, 0.15) is 13.3 Å². The Balaban J connectivity index is 3.11. The number of ether oxygens (including phenoxy) is 1. The Morgan fingerprint density at radius 1 is 1.80 bits per heavy atom. The van der Waals surface area contributed by atoms with Gasteiger partial charge in [-0.1, -0.05) is 0 Å². The van der Waals surface area contributed by atoms with Crippen LogP contribution in [0.25, 0.3) is 0 Å². The number of hydrogen-bond acceptors (Lipinski definition) is 2. The maximum atomic E-state index is 9.92. The molecule has 0 aliphatic rings. The van der Waals surface area contributed by atoms with Gasteiger partial charge in [-0.05, 0) is 13.3 Å². The average Bonchev–Trinajstić information content (AvgIpc) is 1.87. The van der Waals surface area contributed by atoms with E-state index < -0.39 is 6.09 Å². The van der Waals surface area contributed by atoms with Crippen molar-refractivity contribution in [3.05, 3.63) is 0 Å². The van der Waals surface area contributed by atoms with Gasteiger partial charge in [0.1, 0.15) is 0 Å². The Labute approximate surface area is 60.2 Å². The van der Waals surface area contributed by atoms with Crippen molar-refractivity contribution in [3.8, 4) is 0 Å². The van der Waals surface area contributed by atoms with E-state index in [0.29, 0.717) is 13.0 Å². The average molecular weight is 147 g/mol. The largest absolute Gasteiger partial charge is 0.465 e. The maximum absolute atomic E-state index is 9.92. The third-order valence-corrected chi connectivity index (χ3v) is 1.23. The fourth-order valence-corrected chi connectivity index (χ4v) is 0.500. The normalized spacial score (nSPS) is 12.6. The van der Waals surface area contributed by atoms with Gasteiger partial charge in [-0.25, -0.2) is 4.79 Å². The van der Waals surface area contributed by atoms with Crippen molar-refractivity contribution in [2.45, 2.75) is 19.4 Å². The molecule has 0 aromatic carbocycles. The molecule has 0 bridgehead atoms. The highest BCUT2D eigenvalue weighted by atomic mass is 16.5. The van der Waals surface area contributed by atoms with Gasteiger partial charge >= 0.3 is 6.09 Å². The molecule has 0 spiro atoms. The first-order chi connectivity index (χ1) is 4.66. The van der Waals surface area contributed by atoms with Crippen LogP contribution in [-0.2, 0) is 4.74 Å². The van der Waals surface area contributed by atoms with E-state index in [1.54, 1.807) is 7.11 Å². The third-order valence-electron chi connectivity index (χ3n) is 1.23. The van der Waals surface area contributed by atoms with E-state index in [2.05, 4.69) is 5.32 Å². The summed E-state index contributed by atoms with van der Waals surface area (Å²) >= 11 is 0. The molecule has 0 aliphatic carbocycles. The second-order valence-corrected chi connectivity index (χ2v) is 2.07. The molecule has 1 amide bonds. The van der Waals surface area contributed by atoms with Gasteiger partial charge in [-0.15, -0.1) is 0 Å². The van der Waals surface area contributed by atoms with Gasteiger partial charge in [-0.3, -0.25) is 0 Å². The summed E-state index contributed by atoms with van der Waals surface area (Å²) in [5.74, 6) is 0. The molecule has 0 aromatic heterocycles. The summed E-state index contributed by atoms with van der Waals surface area (Å²) in [5, 5.41) is 10.4. The molecule has 0 heterocycles. The first kappa shape index (κ1) is 9.23. The molecule has 0 aliphatic heterocycles. The summed E-state index contributed by atoms with van der Waals surface area (Å²) in [7, 11) is 1.60. The van der Waals surface area contributed by atoms with Crippen LogP contribution in [0.15, 0.2) is 0 Å². The highest BCUT2D eigenvalue weighted by Crippen LogP contribution is 1.91. The van der Waals surface area contributed by atoms with Crippen molar-refractivity contribution in [1.29, 1.82) is 0 Å². The predicted molar refractivity (Wildman–Crippen MR) is 37.1 cm³/mol. The topological polar surface area (TPSA) is 58.6 Å². The number of hydrogen-bond donors (Lipinski definition) is 2. The smallest absolute Gasteiger partial charge is 0.404 e. The molecule has 0 rings (SSSR count). The summed E-state index contributed by atoms with van der Waals surface area (Å²) in [6.45, 7) is 2.34. The van der Waals surface area contributed by atoms with Crippen LogP contribution >= 0.6 is 0 Å². The summed E-state index contributed by atoms with van der Waals surface area (Å²) in [6.07, 6.45) is -0.154.